The average molecular weight is 375 g/mol. The van der Waals surface area contributed by atoms with Gasteiger partial charge in [0.1, 0.15) is 5.37 Å². The van der Waals surface area contributed by atoms with Crippen molar-refractivity contribution in [1.29, 1.82) is 0 Å². The molecule has 2 atom stereocenters. The number of carboxylic acid groups (broad SMARTS) is 1. The maximum atomic E-state index is 13.1. The molecular formula is C19H21NO5S. The number of benzene rings is 1. The zero-order valence-corrected chi connectivity index (χ0v) is 15.3. The van der Waals surface area contributed by atoms with E-state index in [4.69, 9.17) is 4.74 Å². The minimum atomic E-state index is -1.12. The summed E-state index contributed by atoms with van der Waals surface area (Å²) in [6.07, 6.45) is 3.11. The van der Waals surface area contributed by atoms with Gasteiger partial charge in [-0.25, -0.2) is 0 Å². The Labute approximate surface area is 156 Å². The maximum absolute atomic E-state index is 13.1. The van der Waals surface area contributed by atoms with E-state index in [0.717, 1.165) is 12.8 Å². The summed E-state index contributed by atoms with van der Waals surface area (Å²) in [4.78, 5) is 38.9. The summed E-state index contributed by atoms with van der Waals surface area (Å²) in [6, 6.07) is 8.66. The Morgan fingerprint density at radius 1 is 1.31 bits per heavy atom. The summed E-state index contributed by atoms with van der Waals surface area (Å²) in [5.74, 6) is -1.78. The Morgan fingerprint density at radius 2 is 2.04 bits per heavy atom. The van der Waals surface area contributed by atoms with Crippen LogP contribution in [-0.4, -0.2) is 58.6 Å². The van der Waals surface area contributed by atoms with Crippen LogP contribution in [0.2, 0.25) is 0 Å². The molecule has 0 spiro atoms. The molecule has 0 unspecified atom stereocenters. The molecule has 1 aromatic carbocycles. The van der Waals surface area contributed by atoms with Crippen LogP contribution < -0.4 is 0 Å². The molecule has 1 N–H and O–H groups in total. The summed E-state index contributed by atoms with van der Waals surface area (Å²) >= 11 is 1.37. The topological polar surface area (TPSA) is 83.9 Å². The third kappa shape index (κ3) is 3.68. The molecular weight excluding hydrogens is 354 g/mol. The van der Waals surface area contributed by atoms with Crippen molar-refractivity contribution in [2.24, 2.45) is 0 Å². The standard InChI is InChI=1S/C19H21NO5S/c1-26-19-16(17(23)12-6-3-2-4-7-12)14(10-15(21)22)18(24)20(19)11-13-8-5-9-25-13/h2-4,6-7,13,19H,5,8-11H2,1H3,(H,21,22)/t13-,19+/m1/s1. The number of Topliss-reactive ketones (excluding diaryl/α,β-unsaturated/α-hetero) is 1. The van der Waals surface area contributed by atoms with Gasteiger partial charge >= 0.3 is 5.97 Å². The zero-order valence-electron chi connectivity index (χ0n) is 14.5. The first kappa shape index (κ1) is 18.7. The fraction of sp³-hybridized carbons (Fsp3) is 0.421. The predicted molar refractivity (Wildman–Crippen MR) is 98.0 cm³/mol. The lowest BCUT2D eigenvalue weighted by Crippen LogP contribution is -2.40. The number of aliphatic carboxylic acids is 1. The minimum Gasteiger partial charge on any atom is -0.481 e. The summed E-state index contributed by atoms with van der Waals surface area (Å²) < 4.78 is 5.63. The number of thioether (sulfide) groups is 1. The molecule has 2 aliphatic rings. The van der Waals surface area contributed by atoms with Crippen molar-refractivity contribution in [2.45, 2.75) is 30.7 Å². The number of carbonyl (C=O) groups is 3. The Bertz CT molecular complexity index is 740. The molecule has 2 aliphatic heterocycles. The summed E-state index contributed by atoms with van der Waals surface area (Å²) in [7, 11) is 0. The van der Waals surface area contributed by atoms with Crippen molar-refractivity contribution >= 4 is 29.4 Å². The van der Waals surface area contributed by atoms with Gasteiger partial charge in [-0.3, -0.25) is 14.4 Å². The second kappa shape index (κ2) is 8.05. The molecule has 2 heterocycles. The van der Waals surface area contributed by atoms with E-state index in [-0.39, 0.29) is 28.9 Å². The van der Waals surface area contributed by atoms with E-state index in [1.165, 1.54) is 11.8 Å². The van der Waals surface area contributed by atoms with Gasteiger partial charge in [-0.1, -0.05) is 30.3 Å². The molecule has 1 saturated heterocycles. The van der Waals surface area contributed by atoms with E-state index < -0.39 is 17.8 Å². The third-order valence-electron chi connectivity index (χ3n) is 4.63. The van der Waals surface area contributed by atoms with Gasteiger partial charge < -0.3 is 14.7 Å². The van der Waals surface area contributed by atoms with Gasteiger partial charge in [0.25, 0.3) is 5.91 Å². The van der Waals surface area contributed by atoms with Gasteiger partial charge in [0, 0.05) is 29.9 Å². The van der Waals surface area contributed by atoms with Crippen LogP contribution in [0, 0.1) is 0 Å². The first-order valence-corrected chi connectivity index (χ1v) is 9.81. The highest BCUT2D eigenvalue weighted by atomic mass is 32.2. The maximum Gasteiger partial charge on any atom is 0.308 e. The highest BCUT2D eigenvalue weighted by Crippen LogP contribution is 2.36. The van der Waals surface area contributed by atoms with E-state index in [1.807, 2.05) is 6.26 Å². The molecule has 0 radical (unpaired) electrons. The molecule has 26 heavy (non-hydrogen) atoms. The fourth-order valence-electron chi connectivity index (χ4n) is 3.45. The van der Waals surface area contributed by atoms with Crippen LogP contribution in [0.5, 0.6) is 0 Å². The van der Waals surface area contributed by atoms with Crippen LogP contribution in [0.4, 0.5) is 0 Å². The van der Waals surface area contributed by atoms with Gasteiger partial charge in [0.2, 0.25) is 0 Å². The lowest BCUT2D eigenvalue weighted by atomic mass is 9.98. The van der Waals surface area contributed by atoms with E-state index in [1.54, 1.807) is 35.2 Å². The van der Waals surface area contributed by atoms with Crippen molar-refractivity contribution < 1.29 is 24.2 Å². The van der Waals surface area contributed by atoms with Crippen molar-refractivity contribution in [1.82, 2.24) is 4.90 Å². The lowest BCUT2D eigenvalue weighted by Gasteiger charge is -2.27. The quantitative estimate of drug-likeness (QED) is 0.737. The van der Waals surface area contributed by atoms with Crippen LogP contribution in [-0.2, 0) is 14.3 Å². The van der Waals surface area contributed by atoms with Crippen molar-refractivity contribution in [3.8, 4) is 0 Å². The molecule has 1 amide bonds. The van der Waals surface area contributed by atoms with Crippen molar-refractivity contribution in [2.75, 3.05) is 19.4 Å². The van der Waals surface area contributed by atoms with Crippen molar-refractivity contribution in [3.05, 3.63) is 47.0 Å². The molecule has 1 fully saturated rings. The molecule has 138 valence electrons. The van der Waals surface area contributed by atoms with Gasteiger partial charge in [-0.15, -0.1) is 11.8 Å². The monoisotopic (exact) mass is 375 g/mol. The number of ketones is 1. The minimum absolute atomic E-state index is 0.0640. The number of amides is 1. The van der Waals surface area contributed by atoms with Crippen molar-refractivity contribution in [3.63, 3.8) is 0 Å². The number of hydrogen-bond donors (Lipinski definition) is 1. The number of ether oxygens (including phenoxy) is 1. The van der Waals surface area contributed by atoms with Gasteiger partial charge in [-0.05, 0) is 19.1 Å². The van der Waals surface area contributed by atoms with Crippen LogP contribution in [0.25, 0.3) is 0 Å². The summed E-state index contributed by atoms with van der Waals surface area (Å²) in [5.41, 5.74) is 0.828. The van der Waals surface area contributed by atoms with Gasteiger partial charge in [0.05, 0.1) is 12.5 Å². The molecule has 0 bridgehead atoms. The third-order valence-corrected chi connectivity index (χ3v) is 5.57. The Balaban J connectivity index is 1.96. The van der Waals surface area contributed by atoms with Gasteiger partial charge in [0.15, 0.2) is 5.78 Å². The largest absolute Gasteiger partial charge is 0.481 e. The number of nitrogens with zero attached hydrogens (tertiary/aromatic N) is 1. The zero-order chi connectivity index (χ0) is 18.7. The number of carbonyl (C=O) groups excluding carboxylic acids is 2. The number of hydrogen-bond acceptors (Lipinski definition) is 5. The van der Waals surface area contributed by atoms with Crippen LogP contribution >= 0.6 is 11.8 Å². The smallest absolute Gasteiger partial charge is 0.308 e. The second-order valence-corrected chi connectivity index (χ2v) is 7.26. The molecule has 0 aliphatic carbocycles. The highest BCUT2D eigenvalue weighted by Gasteiger charge is 2.43. The highest BCUT2D eigenvalue weighted by molar-refractivity contribution is 7.99. The van der Waals surface area contributed by atoms with E-state index in [0.29, 0.717) is 18.7 Å². The Kier molecular flexibility index (Phi) is 5.78. The van der Waals surface area contributed by atoms with E-state index in [2.05, 4.69) is 0 Å². The Hall–Kier alpha value is -2.12. The number of carboxylic acids is 1. The molecule has 1 aromatic rings. The first-order chi connectivity index (χ1) is 12.5. The van der Waals surface area contributed by atoms with E-state index >= 15 is 0 Å². The normalized spacial score (nSPS) is 23.0. The molecule has 0 aromatic heterocycles. The summed E-state index contributed by atoms with van der Waals surface area (Å²) in [5, 5.41) is 8.75. The first-order valence-electron chi connectivity index (χ1n) is 8.53. The van der Waals surface area contributed by atoms with Crippen LogP contribution in [0.3, 0.4) is 0 Å². The predicted octanol–water partition coefficient (Wildman–Crippen LogP) is 2.35. The SMILES string of the molecule is CS[C@H]1C(C(=O)c2ccccc2)=C(CC(=O)O)C(=O)N1C[C@H]1CCCO1. The fourth-order valence-corrected chi connectivity index (χ4v) is 4.37. The number of rotatable bonds is 7. The summed E-state index contributed by atoms with van der Waals surface area (Å²) in [6.45, 7) is 1.04. The molecule has 6 nitrogen and oxygen atoms in total. The molecule has 0 saturated carbocycles. The Morgan fingerprint density at radius 3 is 2.62 bits per heavy atom. The van der Waals surface area contributed by atoms with Gasteiger partial charge in [-0.2, -0.15) is 0 Å². The second-order valence-electron chi connectivity index (χ2n) is 6.34. The lowest BCUT2D eigenvalue weighted by molar-refractivity contribution is -0.137. The van der Waals surface area contributed by atoms with Crippen LogP contribution in [0.1, 0.15) is 29.6 Å². The molecule has 7 heteroatoms. The molecule has 3 rings (SSSR count). The average Bonchev–Trinajstić information content (AvgIpc) is 3.23. The van der Waals surface area contributed by atoms with E-state index in [9.17, 15) is 19.5 Å². The van der Waals surface area contributed by atoms with Crippen LogP contribution in [0.15, 0.2) is 41.5 Å².